The number of ketones is 1. The lowest BCUT2D eigenvalue weighted by molar-refractivity contribution is -0.140. The van der Waals surface area contributed by atoms with Crippen molar-refractivity contribution in [2.24, 2.45) is 0 Å². The van der Waals surface area contributed by atoms with E-state index in [0.29, 0.717) is 27.6 Å². The van der Waals surface area contributed by atoms with E-state index in [2.05, 4.69) is 0 Å². The Balaban J connectivity index is 2.31. The molecule has 1 atom stereocenters. The van der Waals surface area contributed by atoms with Gasteiger partial charge in [-0.05, 0) is 121 Å². The van der Waals surface area contributed by atoms with Crippen molar-refractivity contribution >= 4 is 102 Å². The molecule has 0 amide bonds. The number of carbonyl (C=O) groups excluding carboxylic acids is 1. The van der Waals surface area contributed by atoms with Gasteiger partial charge in [0.25, 0.3) is 0 Å². The maximum atomic E-state index is 12.6. The summed E-state index contributed by atoms with van der Waals surface area (Å²) in [5, 5.41) is 18.7. The van der Waals surface area contributed by atoms with Crippen LogP contribution in [0.4, 0.5) is 0 Å². The molecule has 0 aliphatic heterocycles. The fourth-order valence-electron chi connectivity index (χ4n) is 1.76. The van der Waals surface area contributed by atoms with Crippen molar-refractivity contribution in [3.63, 3.8) is 0 Å². The number of ether oxygens (including phenoxy) is 1. The summed E-state index contributed by atoms with van der Waals surface area (Å²) in [6.45, 7) is 0. The maximum Gasteiger partial charge on any atom is 0.355 e. The van der Waals surface area contributed by atoms with E-state index in [-0.39, 0.29) is 11.5 Å². The van der Waals surface area contributed by atoms with E-state index < -0.39 is 10.1 Å². The molecule has 0 radical (unpaired) electrons. The number of phenolic OH excluding ortho intramolecular Hbond substituents is 1. The lowest BCUT2D eigenvalue weighted by atomic mass is 10.0. The molecule has 9 heteroatoms. The molecule has 126 valence electrons. The summed E-state index contributed by atoms with van der Waals surface area (Å²) in [6, 6.07) is 8.08. The second-order valence-corrected chi connectivity index (χ2v) is 9.15. The number of phenols is 1. The van der Waals surface area contributed by atoms with Gasteiger partial charge in [0.05, 0.1) is 10.7 Å². The molecule has 2 aromatic carbocycles. The van der Waals surface area contributed by atoms with Crippen molar-refractivity contribution in [2.45, 2.75) is 4.11 Å². The van der Waals surface area contributed by atoms with Crippen LogP contribution in [0.15, 0.2) is 30.3 Å². The first-order chi connectivity index (χ1) is 11.2. The molecule has 1 unspecified atom stereocenters. The number of aliphatic carboxylic acids is 1. The number of alkyl halides is 1. The number of halogens is 4. The number of carbonyl (C=O) groups is 2. The van der Waals surface area contributed by atoms with E-state index in [1.807, 2.05) is 67.8 Å². The SMILES string of the molecule is O=C(c1ccc(OC(I)C(=O)O)c(I)c1)c1cc(I)c(O)c(I)c1. The molecule has 2 N–H and O–H groups in total. The predicted molar refractivity (Wildman–Crippen MR) is 122 cm³/mol. The fraction of sp³-hybridized carbons (Fsp3) is 0.0667. The summed E-state index contributed by atoms with van der Waals surface area (Å²) in [5.41, 5.74) is 0.938. The van der Waals surface area contributed by atoms with Crippen molar-refractivity contribution < 1.29 is 24.5 Å². The van der Waals surface area contributed by atoms with E-state index in [1.165, 1.54) is 0 Å². The number of aromatic hydroxyl groups is 1. The topological polar surface area (TPSA) is 83.8 Å². The van der Waals surface area contributed by atoms with Crippen molar-refractivity contribution in [3.8, 4) is 11.5 Å². The highest BCUT2D eigenvalue weighted by molar-refractivity contribution is 14.1. The Morgan fingerprint density at radius 3 is 2.00 bits per heavy atom. The summed E-state index contributed by atoms with van der Waals surface area (Å²) < 4.78 is 6.18. The first kappa shape index (κ1) is 20.4. The van der Waals surface area contributed by atoms with Crippen molar-refractivity contribution in [1.82, 2.24) is 0 Å². The van der Waals surface area contributed by atoms with Crippen LogP contribution in [0.5, 0.6) is 11.5 Å². The number of benzene rings is 2. The Labute approximate surface area is 192 Å². The molecular formula is C15H8I4O5. The fourth-order valence-corrected chi connectivity index (χ4v) is 4.45. The van der Waals surface area contributed by atoms with Gasteiger partial charge in [-0.15, -0.1) is 0 Å². The van der Waals surface area contributed by atoms with Gasteiger partial charge in [-0.1, -0.05) is 0 Å². The third kappa shape index (κ3) is 4.84. The first-order valence-electron chi connectivity index (χ1n) is 6.26. The van der Waals surface area contributed by atoms with Gasteiger partial charge in [-0.2, -0.15) is 0 Å². The lowest BCUT2D eigenvalue weighted by Crippen LogP contribution is -2.20. The number of rotatable bonds is 5. The highest BCUT2D eigenvalue weighted by Crippen LogP contribution is 2.30. The van der Waals surface area contributed by atoms with E-state index >= 15 is 0 Å². The summed E-state index contributed by atoms with van der Waals surface area (Å²) in [4.78, 5) is 23.5. The summed E-state index contributed by atoms with van der Waals surface area (Å²) in [5.74, 6) is -0.684. The van der Waals surface area contributed by atoms with Crippen LogP contribution in [-0.2, 0) is 4.79 Å². The van der Waals surface area contributed by atoms with Gasteiger partial charge in [-0.25, -0.2) is 4.79 Å². The van der Waals surface area contributed by atoms with Gasteiger partial charge in [0.15, 0.2) is 5.78 Å². The molecule has 2 rings (SSSR count). The molecule has 0 aromatic heterocycles. The minimum Gasteiger partial charge on any atom is -0.506 e. The van der Waals surface area contributed by atoms with Crippen LogP contribution < -0.4 is 4.74 Å². The predicted octanol–water partition coefficient (Wildman–Crippen LogP) is 4.66. The van der Waals surface area contributed by atoms with Crippen LogP contribution in [0.1, 0.15) is 15.9 Å². The van der Waals surface area contributed by atoms with Gasteiger partial charge in [0.1, 0.15) is 11.5 Å². The van der Waals surface area contributed by atoms with Gasteiger partial charge >= 0.3 is 5.97 Å². The summed E-state index contributed by atoms with van der Waals surface area (Å²) >= 11 is 7.62. The normalized spacial score (nSPS) is 11.8. The monoisotopic (exact) mass is 776 g/mol. The van der Waals surface area contributed by atoms with E-state index in [9.17, 15) is 14.7 Å². The molecule has 0 aliphatic rings. The van der Waals surface area contributed by atoms with Crippen LogP contribution in [0.3, 0.4) is 0 Å². The Bertz CT molecular complexity index is 799. The number of hydrogen-bond acceptors (Lipinski definition) is 4. The highest BCUT2D eigenvalue weighted by atomic mass is 127. The molecule has 0 heterocycles. The van der Waals surface area contributed by atoms with Crippen LogP contribution in [0.25, 0.3) is 0 Å². The van der Waals surface area contributed by atoms with Gasteiger partial charge in [0, 0.05) is 11.1 Å². The first-order valence-corrected chi connectivity index (χ1v) is 10.7. The summed E-state index contributed by atoms with van der Waals surface area (Å²) in [6.07, 6.45) is 0. The average molecular weight is 776 g/mol. The van der Waals surface area contributed by atoms with Crippen LogP contribution in [-0.4, -0.2) is 26.1 Å². The third-order valence-corrected chi connectivity index (χ3v) is 6.17. The molecule has 0 bridgehead atoms. The standard InChI is InChI=1S/C15H8I4O5/c16-8-3-6(1-2-11(8)24-14(19)15(22)23)12(20)7-4-9(17)13(21)10(18)5-7/h1-5,14,21H,(H,22,23). The Hall–Kier alpha value is 0.1000. The average Bonchev–Trinajstić information content (AvgIpc) is 2.53. The quantitative estimate of drug-likeness (QED) is 0.263. The zero-order valence-corrected chi connectivity index (χ0v) is 20.2. The molecule has 0 aliphatic carbocycles. The van der Waals surface area contributed by atoms with E-state index in [1.54, 1.807) is 52.9 Å². The number of carboxylic acid groups (broad SMARTS) is 1. The van der Waals surface area contributed by atoms with Crippen LogP contribution >= 0.6 is 90.4 Å². The second-order valence-electron chi connectivity index (χ2n) is 4.53. The minimum atomic E-state index is -1.07. The molecule has 0 saturated heterocycles. The van der Waals surface area contributed by atoms with Gasteiger partial charge in [0.2, 0.25) is 4.11 Å². The molecule has 0 saturated carbocycles. The van der Waals surface area contributed by atoms with Crippen molar-refractivity contribution in [3.05, 3.63) is 52.2 Å². The van der Waals surface area contributed by atoms with E-state index in [4.69, 9.17) is 9.84 Å². The lowest BCUT2D eigenvalue weighted by Gasteiger charge is -2.12. The van der Waals surface area contributed by atoms with Gasteiger partial charge < -0.3 is 14.9 Å². The van der Waals surface area contributed by atoms with Crippen LogP contribution in [0.2, 0.25) is 0 Å². The molecule has 24 heavy (non-hydrogen) atoms. The minimum absolute atomic E-state index is 0.160. The smallest absolute Gasteiger partial charge is 0.355 e. The highest BCUT2D eigenvalue weighted by Gasteiger charge is 2.18. The Morgan fingerprint density at radius 2 is 1.50 bits per heavy atom. The molecular weight excluding hydrogens is 768 g/mol. The Kier molecular flexibility index (Phi) is 7.36. The Morgan fingerprint density at radius 1 is 0.958 bits per heavy atom. The second kappa shape index (κ2) is 8.66. The summed E-state index contributed by atoms with van der Waals surface area (Å²) in [7, 11) is 0. The largest absolute Gasteiger partial charge is 0.506 e. The van der Waals surface area contributed by atoms with Crippen molar-refractivity contribution in [2.75, 3.05) is 0 Å². The number of hydrogen-bond donors (Lipinski definition) is 2. The van der Waals surface area contributed by atoms with Gasteiger partial charge in [-0.3, -0.25) is 4.79 Å². The number of carboxylic acids is 1. The zero-order chi connectivity index (χ0) is 18.0. The molecule has 2 aromatic rings. The zero-order valence-electron chi connectivity index (χ0n) is 11.6. The molecule has 5 nitrogen and oxygen atoms in total. The maximum absolute atomic E-state index is 12.6. The van der Waals surface area contributed by atoms with Crippen molar-refractivity contribution in [1.29, 1.82) is 0 Å². The van der Waals surface area contributed by atoms with E-state index in [0.717, 1.165) is 0 Å². The molecule has 0 spiro atoms. The molecule has 0 fully saturated rings. The third-order valence-electron chi connectivity index (χ3n) is 2.90. The van der Waals surface area contributed by atoms with Crippen LogP contribution in [0, 0.1) is 10.7 Å².